The van der Waals surface area contributed by atoms with Crippen molar-refractivity contribution in [3.8, 4) is 0 Å². The Labute approximate surface area is 44.9 Å². The number of rotatable bonds is 0. The number of nitrogens with one attached hydrogen (secondary N) is 1. The maximum absolute atomic E-state index is 10.3. The first-order chi connectivity index (χ1) is 3.84. The monoisotopic (exact) mass is 116 g/mol. The molecule has 1 saturated heterocycles. The van der Waals surface area contributed by atoms with Crippen molar-refractivity contribution in [2.24, 2.45) is 5.16 Å². The summed E-state index contributed by atoms with van der Waals surface area (Å²) in [7, 11) is 0. The third-order valence-corrected chi connectivity index (χ3v) is 0.727. The molecule has 5 nitrogen and oxygen atoms in total. The zero-order valence-corrected chi connectivity index (χ0v) is 3.92. The van der Waals surface area contributed by atoms with E-state index in [4.69, 9.17) is 5.21 Å². The fourth-order valence-electron chi connectivity index (χ4n) is 0.385. The maximum atomic E-state index is 10.3. The molecule has 1 rings (SSSR count). The van der Waals surface area contributed by atoms with Gasteiger partial charge in [0.05, 0.1) is 0 Å². The van der Waals surface area contributed by atoms with Gasteiger partial charge in [-0.3, -0.25) is 4.79 Å². The van der Waals surface area contributed by atoms with Gasteiger partial charge in [0, 0.05) is 0 Å². The second-order valence-electron chi connectivity index (χ2n) is 1.20. The Bertz CT molecular complexity index is 141. The van der Waals surface area contributed by atoms with Crippen LogP contribution in [0.5, 0.6) is 0 Å². The first-order valence-electron chi connectivity index (χ1n) is 1.97. The molecule has 5 heteroatoms. The van der Waals surface area contributed by atoms with E-state index in [9.17, 15) is 4.79 Å². The minimum atomic E-state index is -0.479. The van der Waals surface area contributed by atoms with Gasteiger partial charge in [0.1, 0.15) is 0 Å². The summed E-state index contributed by atoms with van der Waals surface area (Å²) in [6.07, 6.45) is 0. The molecule has 1 fully saturated rings. The summed E-state index contributed by atoms with van der Waals surface area (Å²) in [6, 6.07) is 0. The number of oxime groups is 1. The van der Waals surface area contributed by atoms with Crippen LogP contribution >= 0.6 is 0 Å². The molecule has 0 unspecified atom stereocenters. The van der Waals surface area contributed by atoms with Crippen molar-refractivity contribution in [2.45, 2.75) is 0 Å². The lowest BCUT2D eigenvalue weighted by Crippen LogP contribution is -2.18. The van der Waals surface area contributed by atoms with Gasteiger partial charge >= 0.3 is 11.8 Å². The molecule has 0 aromatic heterocycles. The molecular formula is C3H4N2O3. The highest BCUT2D eigenvalue weighted by molar-refractivity contribution is 6.36. The summed E-state index contributed by atoms with van der Waals surface area (Å²) in [5.41, 5.74) is 0. The standard InChI is InChI=1S/C3H4N2O3/c6-2-3(5-7)8-1-4-2/h7H,1H2,(H,4,6). The summed E-state index contributed by atoms with van der Waals surface area (Å²) in [4.78, 5) is 10.3. The molecule has 0 spiro atoms. The molecule has 1 amide bonds. The molecule has 0 aliphatic carbocycles. The Morgan fingerprint density at radius 1 is 1.88 bits per heavy atom. The molecule has 0 aromatic carbocycles. The number of hydrogen-bond donors (Lipinski definition) is 2. The van der Waals surface area contributed by atoms with Crippen LogP contribution in [0.1, 0.15) is 0 Å². The molecule has 2 N–H and O–H groups in total. The zero-order valence-electron chi connectivity index (χ0n) is 3.92. The second kappa shape index (κ2) is 1.69. The summed E-state index contributed by atoms with van der Waals surface area (Å²) in [5, 5.41) is 12.8. The van der Waals surface area contributed by atoms with E-state index >= 15 is 0 Å². The molecule has 0 bridgehead atoms. The molecular weight excluding hydrogens is 112 g/mol. The number of carbonyl (C=O) groups is 1. The van der Waals surface area contributed by atoms with E-state index in [1.165, 1.54) is 0 Å². The van der Waals surface area contributed by atoms with Gasteiger partial charge in [-0.05, 0) is 5.16 Å². The lowest BCUT2D eigenvalue weighted by Gasteiger charge is -1.83. The molecule has 1 heterocycles. The molecule has 0 atom stereocenters. The topological polar surface area (TPSA) is 70.9 Å². The summed E-state index contributed by atoms with van der Waals surface area (Å²) >= 11 is 0. The fourth-order valence-corrected chi connectivity index (χ4v) is 0.385. The van der Waals surface area contributed by atoms with E-state index in [1.807, 2.05) is 0 Å². The van der Waals surface area contributed by atoms with Crippen molar-refractivity contribution >= 4 is 11.8 Å². The molecule has 44 valence electrons. The summed E-state index contributed by atoms with van der Waals surface area (Å²) in [5.74, 6) is -0.752. The Kier molecular flexibility index (Phi) is 1.03. The van der Waals surface area contributed by atoms with E-state index in [0.717, 1.165) is 0 Å². The first kappa shape index (κ1) is 4.89. The Morgan fingerprint density at radius 2 is 2.62 bits per heavy atom. The normalized spacial score (nSPS) is 23.0. The van der Waals surface area contributed by atoms with Gasteiger partial charge < -0.3 is 15.3 Å². The fraction of sp³-hybridized carbons (Fsp3) is 0.333. The van der Waals surface area contributed by atoms with Crippen molar-refractivity contribution in [2.75, 3.05) is 6.73 Å². The Morgan fingerprint density at radius 3 is 2.88 bits per heavy atom. The van der Waals surface area contributed by atoms with Crippen LogP contribution in [0.15, 0.2) is 5.16 Å². The number of nitrogens with zero attached hydrogens (tertiary/aromatic N) is 1. The van der Waals surface area contributed by atoms with Crippen molar-refractivity contribution in [1.29, 1.82) is 0 Å². The highest BCUT2D eigenvalue weighted by Crippen LogP contribution is 1.87. The number of hydrogen-bond acceptors (Lipinski definition) is 4. The van der Waals surface area contributed by atoms with Crippen molar-refractivity contribution in [3.63, 3.8) is 0 Å². The van der Waals surface area contributed by atoms with Crippen molar-refractivity contribution in [1.82, 2.24) is 5.32 Å². The van der Waals surface area contributed by atoms with Crippen molar-refractivity contribution in [3.05, 3.63) is 0 Å². The van der Waals surface area contributed by atoms with Crippen LogP contribution in [0.2, 0.25) is 0 Å². The van der Waals surface area contributed by atoms with Gasteiger partial charge in [0.2, 0.25) is 0 Å². The van der Waals surface area contributed by atoms with Gasteiger partial charge in [-0.25, -0.2) is 0 Å². The molecule has 1 aliphatic rings. The van der Waals surface area contributed by atoms with Crippen LogP contribution in [0.4, 0.5) is 0 Å². The van der Waals surface area contributed by atoms with E-state index in [2.05, 4.69) is 15.2 Å². The van der Waals surface area contributed by atoms with E-state index in [1.54, 1.807) is 0 Å². The predicted octanol–water partition coefficient (Wildman–Crippen LogP) is -1.12. The number of carbonyl (C=O) groups excluding carboxylic acids is 1. The second-order valence-corrected chi connectivity index (χ2v) is 1.20. The number of ether oxygens (including phenoxy) is 1. The van der Waals surface area contributed by atoms with E-state index < -0.39 is 5.91 Å². The lowest BCUT2D eigenvalue weighted by molar-refractivity contribution is -0.114. The van der Waals surface area contributed by atoms with Crippen LogP contribution in [0.25, 0.3) is 0 Å². The smallest absolute Gasteiger partial charge is 0.318 e. The van der Waals surface area contributed by atoms with Gasteiger partial charge in [-0.2, -0.15) is 0 Å². The van der Waals surface area contributed by atoms with Crippen LogP contribution in [0, 0.1) is 0 Å². The third-order valence-electron chi connectivity index (χ3n) is 0.727. The van der Waals surface area contributed by atoms with Gasteiger partial charge in [-0.1, -0.05) is 0 Å². The quantitative estimate of drug-likeness (QED) is 0.311. The summed E-state index contributed by atoms with van der Waals surface area (Å²) < 4.78 is 4.45. The van der Waals surface area contributed by atoms with Crippen LogP contribution < -0.4 is 5.32 Å². The minimum absolute atomic E-state index is 0.0955. The van der Waals surface area contributed by atoms with Gasteiger partial charge in [-0.15, -0.1) is 0 Å². The van der Waals surface area contributed by atoms with Gasteiger partial charge in [0.25, 0.3) is 0 Å². The average Bonchev–Trinajstić information content (AvgIpc) is 2.14. The maximum Gasteiger partial charge on any atom is 0.318 e. The highest BCUT2D eigenvalue weighted by atomic mass is 16.5. The molecule has 0 saturated carbocycles. The molecule has 8 heavy (non-hydrogen) atoms. The first-order valence-corrected chi connectivity index (χ1v) is 1.97. The molecule has 1 aliphatic heterocycles. The Hall–Kier alpha value is -1.26. The third kappa shape index (κ3) is 0.575. The zero-order chi connectivity index (χ0) is 5.98. The summed E-state index contributed by atoms with van der Waals surface area (Å²) in [6.45, 7) is 0.0955. The number of amides is 1. The van der Waals surface area contributed by atoms with Crippen LogP contribution in [-0.4, -0.2) is 23.7 Å². The largest absolute Gasteiger partial charge is 0.450 e. The molecule has 0 aromatic rings. The minimum Gasteiger partial charge on any atom is -0.450 e. The van der Waals surface area contributed by atoms with Crippen molar-refractivity contribution < 1.29 is 14.7 Å². The lowest BCUT2D eigenvalue weighted by atomic mass is 10.6. The highest BCUT2D eigenvalue weighted by Gasteiger charge is 2.19. The SMILES string of the molecule is O=C1NCOC1=NO. The van der Waals surface area contributed by atoms with Crippen LogP contribution in [0.3, 0.4) is 0 Å². The average molecular weight is 116 g/mol. The Balaban J connectivity index is 2.69. The van der Waals surface area contributed by atoms with E-state index in [0.29, 0.717) is 0 Å². The predicted molar refractivity (Wildman–Crippen MR) is 23.3 cm³/mol. The van der Waals surface area contributed by atoms with Gasteiger partial charge in [0.15, 0.2) is 6.73 Å². The molecule has 0 radical (unpaired) electrons. The van der Waals surface area contributed by atoms with E-state index in [-0.39, 0.29) is 12.6 Å². The van der Waals surface area contributed by atoms with Crippen LogP contribution in [-0.2, 0) is 9.53 Å².